The van der Waals surface area contributed by atoms with E-state index in [2.05, 4.69) is 5.32 Å². The van der Waals surface area contributed by atoms with Gasteiger partial charge in [0.1, 0.15) is 5.75 Å². The van der Waals surface area contributed by atoms with Gasteiger partial charge in [-0.3, -0.25) is 0 Å². The molecule has 1 atom stereocenters. The highest BCUT2D eigenvalue weighted by molar-refractivity contribution is 5.72. The molecule has 0 aromatic heterocycles. The van der Waals surface area contributed by atoms with E-state index in [9.17, 15) is 4.79 Å². The van der Waals surface area contributed by atoms with E-state index in [-0.39, 0.29) is 6.04 Å². The second-order valence-corrected chi connectivity index (χ2v) is 3.25. The van der Waals surface area contributed by atoms with Gasteiger partial charge in [-0.1, -0.05) is 19.1 Å². The number of urea groups is 1. The van der Waals surface area contributed by atoms with Crippen molar-refractivity contribution >= 4 is 6.03 Å². The van der Waals surface area contributed by atoms with Gasteiger partial charge >= 0.3 is 6.03 Å². The topological polar surface area (TPSA) is 64.3 Å². The fourth-order valence-corrected chi connectivity index (χ4v) is 1.45. The minimum atomic E-state index is -0.510. The molecule has 1 rings (SSSR count). The lowest BCUT2D eigenvalue weighted by Gasteiger charge is -2.16. The molecule has 1 aromatic carbocycles. The maximum absolute atomic E-state index is 10.8. The molecule has 1 unspecified atom stereocenters. The van der Waals surface area contributed by atoms with Crippen molar-refractivity contribution in [2.24, 2.45) is 5.73 Å². The largest absolute Gasteiger partial charge is 0.497 e. The first-order valence-electron chi connectivity index (χ1n) is 4.87. The number of rotatable bonds is 4. The van der Waals surface area contributed by atoms with Crippen molar-refractivity contribution in [1.82, 2.24) is 5.32 Å². The van der Waals surface area contributed by atoms with Gasteiger partial charge < -0.3 is 15.8 Å². The van der Waals surface area contributed by atoms with Crippen LogP contribution >= 0.6 is 0 Å². The van der Waals surface area contributed by atoms with E-state index in [1.54, 1.807) is 7.11 Å². The summed E-state index contributed by atoms with van der Waals surface area (Å²) in [6.45, 7) is 1.99. The van der Waals surface area contributed by atoms with E-state index in [1.165, 1.54) is 0 Å². The molecule has 1 aromatic rings. The van der Waals surface area contributed by atoms with Crippen molar-refractivity contribution in [2.45, 2.75) is 19.4 Å². The Morgan fingerprint density at radius 3 is 2.87 bits per heavy atom. The minimum Gasteiger partial charge on any atom is -0.497 e. The van der Waals surface area contributed by atoms with E-state index in [1.807, 2.05) is 31.2 Å². The zero-order chi connectivity index (χ0) is 11.3. The number of ether oxygens (including phenoxy) is 1. The van der Waals surface area contributed by atoms with Crippen LogP contribution in [0.1, 0.15) is 24.9 Å². The molecule has 4 heteroatoms. The van der Waals surface area contributed by atoms with E-state index in [4.69, 9.17) is 10.5 Å². The second-order valence-electron chi connectivity index (χ2n) is 3.25. The van der Waals surface area contributed by atoms with Crippen LogP contribution in [0.3, 0.4) is 0 Å². The molecule has 0 saturated carbocycles. The minimum absolute atomic E-state index is 0.0578. The lowest BCUT2D eigenvalue weighted by molar-refractivity contribution is 0.245. The number of carbonyl (C=O) groups excluding carboxylic acids is 1. The van der Waals surface area contributed by atoms with Crippen molar-refractivity contribution in [1.29, 1.82) is 0 Å². The van der Waals surface area contributed by atoms with Gasteiger partial charge in [-0.15, -0.1) is 0 Å². The van der Waals surface area contributed by atoms with Crippen molar-refractivity contribution in [3.8, 4) is 5.75 Å². The molecule has 0 saturated heterocycles. The van der Waals surface area contributed by atoms with Crippen LogP contribution in [0.4, 0.5) is 4.79 Å². The summed E-state index contributed by atoms with van der Waals surface area (Å²) < 4.78 is 5.11. The molecule has 0 aliphatic carbocycles. The third kappa shape index (κ3) is 3.16. The summed E-state index contributed by atoms with van der Waals surface area (Å²) in [5.74, 6) is 0.775. The Bertz CT molecular complexity index is 339. The zero-order valence-corrected chi connectivity index (χ0v) is 8.99. The van der Waals surface area contributed by atoms with Gasteiger partial charge in [-0.05, 0) is 24.1 Å². The smallest absolute Gasteiger partial charge is 0.312 e. The Balaban J connectivity index is 2.85. The fourth-order valence-electron chi connectivity index (χ4n) is 1.45. The van der Waals surface area contributed by atoms with Crippen LogP contribution in [-0.4, -0.2) is 13.1 Å². The van der Waals surface area contributed by atoms with Crippen molar-refractivity contribution < 1.29 is 9.53 Å². The Labute approximate surface area is 89.4 Å². The standard InChI is InChI=1S/C11H16N2O2/c1-3-10(13-11(12)14)8-5-4-6-9(7-8)15-2/h4-7,10H,3H2,1-2H3,(H3,12,13,14). The fraction of sp³-hybridized carbons (Fsp3) is 0.364. The number of methoxy groups -OCH3 is 1. The van der Waals surface area contributed by atoms with Crippen molar-refractivity contribution in [2.75, 3.05) is 7.11 Å². The first-order chi connectivity index (χ1) is 7.17. The zero-order valence-electron chi connectivity index (χ0n) is 8.99. The van der Waals surface area contributed by atoms with Gasteiger partial charge in [-0.2, -0.15) is 0 Å². The average Bonchev–Trinajstić information content (AvgIpc) is 2.25. The summed E-state index contributed by atoms with van der Waals surface area (Å²) >= 11 is 0. The lowest BCUT2D eigenvalue weighted by Crippen LogP contribution is -2.32. The van der Waals surface area contributed by atoms with E-state index < -0.39 is 6.03 Å². The van der Waals surface area contributed by atoms with Crippen LogP contribution in [0, 0.1) is 0 Å². The second kappa shape index (κ2) is 5.24. The molecule has 4 nitrogen and oxygen atoms in total. The Morgan fingerprint density at radius 2 is 2.33 bits per heavy atom. The monoisotopic (exact) mass is 208 g/mol. The predicted molar refractivity (Wildman–Crippen MR) is 58.7 cm³/mol. The molecule has 0 fully saturated rings. The number of benzene rings is 1. The van der Waals surface area contributed by atoms with E-state index in [0.717, 1.165) is 17.7 Å². The van der Waals surface area contributed by atoms with E-state index in [0.29, 0.717) is 0 Å². The molecule has 0 aliphatic rings. The number of nitrogens with two attached hydrogens (primary N) is 1. The molecular formula is C11H16N2O2. The molecule has 0 heterocycles. The number of hydrogen-bond acceptors (Lipinski definition) is 2. The molecule has 82 valence electrons. The van der Waals surface area contributed by atoms with Gasteiger partial charge in [0, 0.05) is 0 Å². The van der Waals surface area contributed by atoms with Crippen LogP contribution in [-0.2, 0) is 0 Å². The maximum Gasteiger partial charge on any atom is 0.312 e. The number of amides is 2. The number of carbonyl (C=O) groups is 1. The molecule has 3 N–H and O–H groups in total. The first-order valence-corrected chi connectivity index (χ1v) is 4.87. The van der Waals surface area contributed by atoms with E-state index >= 15 is 0 Å². The van der Waals surface area contributed by atoms with Gasteiger partial charge in [-0.25, -0.2) is 4.79 Å². The molecule has 2 amide bonds. The highest BCUT2D eigenvalue weighted by Gasteiger charge is 2.10. The molecule has 0 spiro atoms. The molecule has 15 heavy (non-hydrogen) atoms. The normalized spacial score (nSPS) is 11.9. The molecular weight excluding hydrogens is 192 g/mol. The first kappa shape index (κ1) is 11.4. The predicted octanol–water partition coefficient (Wildman–Crippen LogP) is 1.81. The number of hydrogen-bond donors (Lipinski definition) is 2. The third-order valence-corrected chi connectivity index (χ3v) is 2.22. The van der Waals surface area contributed by atoms with Crippen molar-refractivity contribution in [3.05, 3.63) is 29.8 Å². The summed E-state index contributed by atoms with van der Waals surface area (Å²) in [7, 11) is 1.61. The van der Waals surface area contributed by atoms with Gasteiger partial charge in [0.15, 0.2) is 0 Å². The van der Waals surface area contributed by atoms with Crippen molar-refractivity contribution in [3.63, 3.8) is 0 Å². The Kier molecular flexibility index (Phi) is 3.97. The van der Waals surface area contributed by atoms with Gasteiger partial charge in [0.2, 0.25) is 0 Å². The van der Waals surface area contributed by atoms with Crippen LogP contribution < -0.4 is 15.8 Å². The average molecular weight is 208 g/mol. The van der Waals surface area contributed by atoms with Gasteiger partial charge in [0.05, 0.1) is 13.2 Å². The number of primary amides is 1. The molecule has 0 radical (unpaired) electrons. The highest BCUT2D eigenvalue weighted by Crippen LogP contribution is 2.21. The summed E-state index contributed by atoms with van der Waals surface area (Å²) in [5.41, 5.74) is 6.09. The Hall–Kier alpha value is -1.71. The summed E-state index contributed by atoms with van der Waals surface area (Å²) in [4.78, 5) is 10.8. The highest BCUT2D eigenvalue weighted by atomic mass is 16.5. The number of nitrogens with one attached hydrogen (secondary N) is 1. The maximum atomic E-state index is 10.8. The third-order valence-electron chi connectivity index (χ3n) is 2.22. The quantitative estimate of drug-likeness (QED) is 0.792. The Morgan fingerprint density at radius 1 is 1.60 bits per heavy atom. The lowest BCUT2D eigenvalue weighted by atomic mass is 10.0. The molecule has 0 bridgehead atoms. The van der Waals surface area contributed by atoms with Gasteiger partial charge in [0.25, 0.3) is 0 Å². The van der Waals surface area contributed by atoms with Crippen LogP contribution in [0.15, 0.2) is 24.3 Å². The van der Waals surface area contributed by atoms with Crippen LogP contribution in [0.25, 0.3) is 0 Å². The molecule has 0 aliphatic heterocycles. The summed E-state index contributed by atoms with van der Waals surface area (Å²) in [5, 5.41) is 2.68. The summed E-state index contributed by atoms with van der Waals surface area (Å²) in [6.07, 6.45) is 0.788. The van der Waals surface area contributed by atoms with Crippen LogP contribution in [0.2, 0.25) is 0 Å². The summed E-state index contributed by atoms with van der Waals surface area (Å²) in [6, 6.07) is 7.01. The van der Waals surface area contributed by atoms with Crippen LogP contribution in [0.5, 0.6) is 5.75 Å². The SMILES string of the molecule is CCC(NC(N)=O)c1cccc(OC)c1.